The summed E-state index contributed by atoms with van der Waals surface area (Å²) in [5.74, 6) is 1.92. The third-order valence-corrected chi connectivity index (χ3v) is 3.58. The van der Waals surface area contributed by atoms with Crippen molar-refractivity contribution < 1.29 is 32.7 Å². The van der Waals surface area contributed by atoms with Crippen LogP contribution in [0.5, 0.6) is 0 Å². The zero-order valence-corrected chi connectivity index (χ0v) is 11.1. The zero-order chi connectivity index (χ0) is 7.90. The van der Waals surface area contributed by atoms with E-state index in [9.17, 15) is 0 Å². The van der Waals surface area contributed by atoms with Crippen LogP contribution in [0.4, 0.5) is 0 Å². The summed E-state index contributed by atoms with van der Waals surface area (Å²) in [6, 6.07) is 0. The molecule has 2 heteroatoms. The molecule has 0 N–H and O–H groups in total. The summed E-state index contributed by atoms with van der Waals surface area (Å²) in [4.78, 5) is 0. The van der Waals surface area contributed by atoms with E-state index in [2.05, 4.69) is 19.2 Å². The second-order valence-electron chi connectivity index (χ2n) is 4.77. The van der Waals surface area contributed by atoms with Crippen LogP contribution in [0, 0.1) is 17.3 Å². The van der Waals surface area contributed by atoms with Crippen LogP contribution in [0.15, 0.2) is 0 Å². The van der Waals surface area contributed by atoms with Gasteiger partial charge < -0.3 is 5.32 Å². The Morgan fingerprint density at radius 3 is 2.42 bits per heavy atom. The van der Waals surface area contributed by atoms with Crippen molar-refractivity contribution in [3.63, 3.8) is 0 Å². The standard InChI is InChI=1S/C10H18N.Y/c1-8(2)9-5-10(6-9)3-4-11-7-10;/h8-9H,3-7H2,1-2H3;/q-1;. The monoisotopic (exact) mass is 241 g/mol. The zero-order valence-electron chi connectivity index (χ0n) is 8.21. The van der Waals surface area contributed by atoms with Crippen LogP contribution < -0.4 is 0 Å². The molecule has 0 bridgehead atoms. The molecular weight excluding hydrogens is 223 g/mol. The Morgan fingerprint density at radius 2 is 2.00 bits per heavy atom. The smallest absolute Gasteiger partial charge is 0 e. The topological polar surface area (TPSA) is 14.1 Å². The maximum atomic E-state index is 4.45. The van der Waals surface area contributed by atoms with Gasteiger partial charge in [-0.3, -0.25) is 0 Å². The van der Waals surface area contributed by atoms with Gasteiger partial charge in [0.1, 0.15) is 0 Å². The second kappa shape index (κ2) is 4.06. The molecule has 67 valence electrons. The third-order valence-electron chi connectivity index (χ3n) is 3.58. The Labute approximate surface area is 101 Å². The van der Waals surface area contributed by atoms with E-state index >= 15 is 0 Å². The molecule has 2 aliphatic rings. The molecule has 0 aromatic carbocycles. The van der Waals surface area contributed by atoms with Gasteiger partial charge in [-0.1, -0.05) is 20.3 Å². The van der Waals surface area contributed by atoms with Crippen molar-refractivity contribution in [3.05, 3.63) is 5.32 Å². The molecule has 1 radical (unpaired) electrons. The van der Waals surface area contributed by atoms with E-state index in [1.807, 2.05) is 0 Å². The van der Waals surface area contributed by atoms with E-state index in [0.29, 0.717) is 5.41 Å². The Bertz CT molecular complexity index is 142. The van der Waals surface area contributed by atoms with Crippen molar-refractivity contribution in [1.82, 2.24) is 0 Å². The summed E-state index contributed by atoms with van der Waals surface area (Å²) in [6.45, 7) is 7.02. The minimum Gasteiger partial charge on any atom is -0.662 e. The van der Waals surface area contributed by atoms with Gasteiger partial charge in [0.05, 0.1) is 0 Å². The van der Waals surface area contributed by atoms with Crippen LogP contribution in [-0.4, -0.2) is 13.1 Å². The summed E-state index contributed by atoms with van der Waals surface area (Å²) < 4.78 is 0. The normalized spacial score (nSPS) is 39.8. The quantitative estimate of drug-likeness (QED) is 0.670. The summed E-state index contributed by atoms with van der Waals surface area (Å²) >= 11 is 0. The van der Waals surface area contributed by atoms with Gasteiger partial charge in [-0.2, -0.15) is 0 Å². The fourth-order valence-electron chi connectivity index (χ4n) is 2.57. The molecule has 12 heavy (non-hydrogen) atoms. The molecule has 1 spiro atoms. The summed E-state index contributed by atoms with van der Waals surface area (Å²) in [6.07, 6.45) is 4.32. The molecule has 1 aliphatic carbocycles. The van der Waals surface area contributed by atoms with Crippen molar-refractivity contribution in [2.24, 2.45) is 17.3 Å². The molecule has 1 heterocycles. The minimum atomic E-state index is 0. The van der Waals surface area contributed by atoms with Crippen molar-refractivity contribution in [2.75, 3.05) is 13.1 Å². The summed E-state index contributed by atoms with van der Waals surface area (Å²) in [5.41, 5.74) is 0.703. The molecule has 1 aliphatic heterocycles. The molecule has 1 saturated carbocycles. The Hall–Kier alpha value is 1.06. The van der Waals surface area contributed by atoms with Gasteiger partial charge in [0.15, 0.2) is 0 Å². The molecule has 0 aromatic heterocycles. The fourth-order valence-corrected chi connectivity index (χ4v) is 2.57. The predicted molar refractivity (Wildman–Crippen MR) is 47.7 cm³/mol. The minimum absolute atomic E-state index is 0. The van der Waals surface area contributed by atoms with Gasteiger partial charge in [-0.25, -0.2) is 0 Å². The van der Waals surface area contributed by atoms with Crippen molar-refractivity contribution in [2.45, 2.75) is 33.1 Å². The van der Waals surface area contributed by atoms with Crippen LogP contribution in [-0.2, 0) is 32.7 Å². The summed E-state index contributed by atoms with van der Waals surface area (Å²) in [5, 5.41) is 4.45. The first-order chi connectivity index (χ1) is 5.22. The SMILES string of the molecule is CC(C)C1CC2(CC[N-]C2)C1.[Y]. The van der Waals surface area contributed by atoms with Gasteiger partial charge >= 0.3 is 0 Å². The largest absolute Gasteiger partial charge is 0.662 e. The Morgan fingerprint density at radius 1 is 1.33 bits per heavy atom. The first-order valence-electron chi connectivity index (χ1n) is 4.85. The van der Waals surface area contributed by atoms with Gasteiger partial charge in [0.2, 0.25) is 0 Å². The molecule has 0 unspecified atom stereocenters. The Kier molecular flexibility index (Phi) is 3.77. The maximum absolute atomic E-state index is 4.45. The van der Waals surface area contributed by atoms with E-state index < -0.39 is 0 Å². The molecule has 1 saturated heterocycles. The number of rotatable bonds is 1. The van der Waals surface area contributed by atoms with E-state index in [4.69, 9.17) is 0 Å². The molecule has 1 nitrogen and oxygen atoms in total. The molecule has 0 amide bonds. The molecule has 0 atom stereocenters. The van der Waals surface area contributed by atoms with Gasteiger partial charge in [-0.05, 0) is 30.1 Å². The van der Waals surface area contributed by atoms with Crippen molar-refractivity contribution in [3.8, 4) is 0 Å². The predicted octanol–water partition coefficient (Wildman–Crippen LogP) is 2.81. The van der Waals surface area contributed by atoms with E-state index in [-0.39, 0.29) is 32.7 Å². The van der Waals surface area contributed by atoms with Crippen molar-refractivity contribution in [1.29, 1.82) is 0 Å². The van der Waals surface area contributed by atoms with Gasteiger partial charge in [0.25, 0.3) is 0 Å². The summed E-state index contributed by atoms with van der Waals surface area (Å²) in [7, 11) is 0. The van der Waals surface area contributed by atoms with Gasteiger partial charge in [0, 0.05) is 32.7 Å². The molecule has 2 rings (SSSR count). The number of hydrogen-bond acceptors (Lipinski definition) is 0. The van der Waals surface area contributed by atoms with Gasteiger partial charge in [-0.15, -0.1) is 13.1 Å². The average Bonchev–Trinajstić information content (AvgIpc) is 2.29. The molecular formula is C10H18NY-. The van der Waals surface area contributed by atoms with E-state index in [0.717, 1.165) is 18.4 Å². The van der Waals surface area contributed by atoms with Crippen LogP contribution in [0.2, 0.25) is 0 Å². The first kappa shape index (κ1) is 11.1. The van der Waals surface area contributed by atoms with Crippen LogP contribution >= 0.6 is 0 Å². The number of hydrogen-bond donors (Lipinski definition) is 0. The first-order valence-corrected chi connectivity index (χ1v) is 4.85. The van der Waals surface area contributed by atoms with E-state index in [1.165, 1.54) is 25.8 Å². The molecule has 2 fully saturated rings. The third kappa shape index (κ3) is 1.94. The van der Waals surface area contributed by atoms with Crippen LogP contribution in [0.25, 0.3) is 5.32 Å². The molecule has 0 aromatic rings. The van der Waals surface area contributed by atoms with Crippen LogP contribution in [0.1, 0.15) is 33.1 Å². The van der Waals surface area contributed by atoms with Crippen LogP contribution in [0.3, 0.4) is 0 Å². The Balaban J connectivity index is 0.000000720. The number of nitrogens with zero attached hydrogens (tertiary/aromatic N) is 1. The average molecular weight is 241 g/mol. The van der Waals surface area contributed by atoms with Crippen molar-refractivity contribution >= 4 is 0 Å². The second-order valence-corrected chi connectivity index (χ2v) is 4.77. The fraction of sp³-hybridized carbons (Fsp3) is 1.00. The maximum Gasteiger partial charge on any atom is 0 e. The van der Waals surface area contributed by atoms with E-state index in [1.54, 1.807) is 0 Å².